The van der Waals surface area contributed by atoms with Gasteiger partial charge in [-0.3, -0.25) is 14.9 Å². The second-order valence-electron chi connectivity index (χ2n) is 6.78. The summed E-state index contributed by atoms with van der Waals surface area (Å²) in [6.07, 6.45) is 3.62. The number of primary amides is 1. The van der Waals surface area contributed by atoms with Crippen LogP contribution < -0.4 is 11.1 Å². The molecule has 0 spiro atoms. The van der Waals surface area contributed by atoms with Crippen LogP contribution in [0.25, 0.3) is 21.7 Å². The minimum Gasteiger partial charge on any atom is -0.364 e. The topological polar surface area (TPSA) is 101 Å². The van der Waals surface area contributed by atoms with Gasteiger partial charge in [0.15, 0.2) is 5.13 Å². The van der Waals surface area contributed by atoms with Gasteiger partial charge < -0.3 is 10.7 Å². The van der Waals surface area contributed by atoms with E-state index in [1.165, 1.54) is 44.2 Å². The zero-order valence-electron chi connectivity index (χ0n) is 15.2. The Morgan fingerprint density at radius 3 is 2.79 bits per heavy atom. The molecule has 8 heteroatoms. The van der Waals surface area contributed by atoms with Gasteiger partial charge in [-0.25, -0.2) is 4.98 Å². The number of thiazole rings is 1. The third kappa shape index (κ3) is 3.26. The summed E-state index contributed by atoms with van der Waals surface area (Å²) in [6, 6.07) is 12.0. The number of amides is 2. The van der Waals surface area contributed by atoms with E-state index in [0.717, 1.165) is 18.4 Å². The average molecular weight is 421 g/mol. The smallest absolute Gasteiger partial charge is 0.267 e. The fourth-order valence-corrected chi connectivity index (χ4v) is 5.37. The second-order valence-corrected chi connectivity index (χ2v) is 8.69. The Morgan fingerprint density at radius 2 is 1.97 bits per heavy atom. The number of fused-ring (bicyclic) bond motifs is 3. The highest BCUT2D eigenvalue weighted by molar-refractivity contribution is 7.18. The van der Waals surface area contributed by atoms with Crippen LogP contribution in [0, 0.1) is 0 Å². The fraction of sp³-hybridized carbons (Fsp3) is 0.0952. The van der Waals surface area contributed by atoms with Crippen LogP contribution in [0.4, 0.5) is 5.13 Å². The van der Waals surface area contributed by atoms with Gasteiger partial charge in [0.2, 0.25) is 0 Å². The lowest BCUT2D eigenvalue weighted by molar-refractivity contribution is 0.0994. The Bertz CT molecular complexity index is 1250. The molecule has 1 aliphatic carbocycles. The number of aromatic amines is 1. The molecule has 0 unspecified atom stereocenters. The summed E-state index contributed by atoms with van der Waals surface area (Å²) in [7, 11) is 0. The Kier molecular flexibility index (Phi) is 4.30. The number of carbonyl (C=O) groups excluding carboxylic acids is 2. The van der Waals surface area contributed by atoms with E-state index in [1.807, 2.05) is 17.5 Å². The first kappa shape index (κ1) is 17.8. The molecule has 2 amide bonds. The van der Waals surface area contributed by atoms with Gasteiger partial charge in [0.1, 0.15) is 5.69 Å². The highest BCUT2D eigenvalue weighted by Crippen LogP contribution is 2.39. The molecular formula is C21H16N4O2S2. The van der Waals surface area contributed by atoms with Gasteiger partial charge in [0, 0.05) is 22.0 Å². The summed E-state index contributed by atoms with van der Waals surface area (Å²) in [6.45, 7) is 0. The molecule has 1 aromatic carbocycles. The molecule has 1 aliphatic rings. The van der Waals surface area contributed by atoms with Gasteiger partial charge >= 0.3 is 0 Å². The van der Waals surface area contributed by atoms with Crippen molar-refractivity contribution in [2.45, 2.75) is 12.8 Å². The molecule has 0 atom stereocenters. The van der Waals surface area contributed by atoms with E-state index < -0.39 is 5.91 Å². The number of nitrogens with zero attached hydrogens (tertiary/aromatic N) is 1. The quantitative estimate of drug-likeness (QED) is 0.458. The normalized spacial score (nSPS) is 12.3. The lowest BCUT2D eigenvalue weighted by Crippen LogP contribution is -2.10. The van der Waals surface area contributed by atoms with Crippen molar-refractivity contribution < 1.29 is 9.59 Å². The Balaban J connectivity index is 1.36. The van der Waals surface area contributed by atoms with Crippen molar-refractivity contribution in [2.24, 2.45) is 5.73 Å². The first-order chi connectivity index (χ1) is 14.1. The summed E-state index contributed by atoms with van der Waals surface area (Å²) in [5, 5.41) is 5.23. The van der Waals surface area contributed by atoms with E-state index in [9.17, 15) is 9.59 Å². The molecule has 5 rings (SSSR count). The Labute approximate surface area is 174 Å². The van der Waals surface area contributed by atoms with E-state index in [1.54, 1.807) is 12.3 Å². The number of hydrogen-bond donors (Lipinski definition) is 3. The molecule has 0 saturated heterocycles. The van der Waals surface area contributed by atoms with Gasteiger partial charge in [0.05, 0.1) is 10.6 Å². The van der Waals surface area contributed by atoms with Crippen molar-refractivity contribution in [1.82, 2.24) is 9.97 Å². The van der Waals surface area contributed by atoms with Crippen LogP contribution in [-0.2, 0) is 12.8 Å². The number of benzene rings is 1. The number of aryl methyl sites for hydroxylation is 2. The van der Waals surface area contributed by atoms with Crippen LogP contribution in [-0.4, -0.2) is 21.8 Å². The molecular weight excluding hydrogens is 404 g/mol. The summed E-state index contributed by atoms with van der Waals surface area (Å²) in [4.78, 5) is 33.2. The first-order valence-electron chi connectivity index (χ1n) is 9.05. The first-order valence-corrected chi connectivity index (χ1v) is 10.7. The molecule has 4 N–H and O–H groups in total. The van der Waals surface area contributed by atoms with Crippen LogP contribution in [0.5, 0.6) is 0 Å². The highest BCUT2D eigenvalue weighted by atomic mass is 32.1. The van der Waals surface area contributed by atoms with Gasteiger partial charge in [0.25, 0.3) is 11.8 Å². The molecule has 3 aromatic heterocycles. The number of carbonyl (C=O) groups is 2. The van der Waals surface area contributed by atoms with Crippen LogP contribution >= 0.6 is 22.7 Å². The number of hydrogen-bond acceptors (Lipinski definition) is 5. The number of thiophene rings is 1. The third-order valence-corrected chi connectivity index (χ3v) is 6.89. The number of rotatable bonds is 4. The van der Waals surface area contributed by atoms with E-state index in [2.05, 4.69) is 33.5 Å². The zero-order chi connectivity index (χ0) is 20.0. The lowest BCUT2D eigenvalue weighted by Gasteiger charge is -2.15. The summed E-state index contributed by atoms with van der Waals surface area (Å²) < 4.78 is 0. The maximum Gasteiger partial charge on any atom is 0.267 e. The molecule has 0 bridgehead atoms. The number of anilines is 1. The van der Waals surface area contributed by atoms with Crippen molar-refractivity contribution in [3.63, 3.8) is 0 Å². The van der Waals surface area contributed by atoms with Crippen molar-refractivity contribution in [1.29, 1.82) is 0 Å². The van der Waals surface area contributed by atoms with Crippen LogP contribution in [0.1, 0.15) is 31.3 Å². The van der Waals surface area contributed by atoms with Crippen LogP contribution in [0.15, 0.2) is 48.0 Å². The molecule has 0 radical (unpaired) electrons. The molecule has 0 fully saturated rings. The Morgan fingerprint density at radius 1 is 1.14 bits per heavy atom. The predicted molar refractivity (Wildman–Crippen MR) is 116 cm³/mol. The SMILES string of the molecule is NC(=O)c1cc(-c2csc(NC(=O)c3cc4c(s3)-c3ccccc3CC4)n2)c[nH]1. The molecule has 29 heavy (non-hydrogen) atoms. The summed E-state index contributed by atoms with van der Waals surface area (Å²) in [5.74, 6) is -0.682. The molecule has 0 saturated carbocycles. The number of H-pyrrole nitrogens is 1. The van der Waals surface area contributed by atoms with E-state index in [-0.39, 0.29) is 5.91 Å². The zero-order valence-corrected chi connectivity index (χ0v) is 16.8. The standard InChI is InChI=1S/C21H16N4O2S2/c22-19(26)15-7-13(9-23-15)16-10-28-21(24-16)25-20(27)17-8-12-6-5-11-3-1-2-4-14(11)18(12)29-17/h1-4,7-10,23H,5-6H2,(H2,22,26)(H,24,25,27). The summed E-state index contributed by atoms with van der Waals surface area (Å²) >= 11 is 2.86. The number of nitrogens with one attached hydrogen (secondary N) is 2. The van der Waals surface area contributed by atoms with E-state index in [4.69, 9.17) is 5.73 Å². The van der Waals surface area contributed by atoms with E-state index >= 15 is 0 Å². The highest BCUT2D eigenvalue weighted by Gasteiger charge is 2.22. The number of aromatic nitrogens is 2. The minimum absolute atomic E-state index is 0.158. The predicted octanol–water partition coefficient (Wildman–Crippen LogP) is 4.32. The molecule has 4 aromatic rings. The largest absolute Gasteiger partial charge is 0.364 e. The van der Waals surface area contributed by atoms with Gasteiger partial charge in [-0.05, 0) is 41.7 Å². The molecule has 144 valence electrons. The minimum atomic E-state index is -0.525. The van der Waals surface area contributed by atoms with Crippen molar-refractivity contribution >= 4 is 39.6 Å². The molecule has 3 heterocycles. The maximum atomic E-state index is 12.8. The Hall–Kier alpha value is -3.23. The molecule has 0 aliphatic heterocycles. The summed E-state index contributed by atoms with van der Waals surface area (Å²) in [5.41, 5.74) is 10.8. The van der Waals surface area contributed by atoms with Crippen LogP contribution in [0.3, 0.4) is 0 Å². The molecule has 6 nitrogen and oxygen atoms in total. The third-order valence-electron chi connectivity index (χ3n) is 4.93. The van der Waals surface area contributed by atoms with Crippen molar-refractivity contribution in [2.75, 3.05) is 5.32 Å². The van der Waals surface area contributed by atoms with Gasteiger partial charge in [-0.15, -0.1) is 22.7 Å². The van der Waals surface area contributed by atoms with E-state index in [0.29, 0.717) is 21.4 Å². The van der Waals surface area contributed by atoms with Crippen molar-refractivity contribution in [3.8, 4) is 21.7 Å². The second kappa shape index (κ2) is 6.98. The lowest BCUT2D eigenvalue weighted by atomic mass is 9.91. The average Bonchev–Trinajstić information content (AvgIpc) is 3.46. The van der Waals surface area contributed by atoms with Gasteiger partial charge in [-0.1, -0.05) is 24.3 Å². The fourth-order valence-electron chi connectivity index (χ4n) is 3.49. The number of nitrogens with two attached hydrogens (primary N) is 1. The van der Waals surface area contributed by atoms with Crippen molar-refractivity contribution in [3.05, 3.63) is 69.7 Å². The monoisotopic (exact) mass is 420 g/mol. The maximum absolute atomic E-state index is 12.8. The van der Waals surface area contributed by atoms with Gasteiger partial charge in [-0.2, -0.15) is 0 Å². The van der Waals surface area contributed by atoms with Crippen LogP contribution in [0.2, 0.25) is 0 Å².